The van der Waals surface area contributed by atoms with Crippen molar-refractivity contribution in [3.05, 3.63) is 41.0 Å². The molecule has 2 aliphatic rings. The van der Waals surface area contributed by atoms with Crippen molar-refractivity contribution >= 4 is 33.3 Å². The van der Waals surface area contributed by atoms with Crippen LogP contribution < -0.4 is 10.2 Å². The summed E-state index contributed by atoms with van der Waals surface area (Å²) in [6, 6.07) is 9.55. The number of aromatic amines is 1. The van der Waals surface area contributed by atoms with Gasteiger partial charge in [-0.2, -0.15) is 0 Å². The van der Waals surface area contributed by atoms with E-state index in [9.17, 15) is 4.79 Å². The number of hydrogen-bond donors (Lipinski definition) is 2. The molecule has 3 aromatic rings. The number of piperazine rings is 1. The molecule has 2 aromatic heterocycles. The SMILES string of the molecule is CCCC(Cc1c[nH]c2ccccc12)NC(=O)c1nnc(N2CC3CCC(C2)N3C)s1. The molecule has 2 saturated heterocycles. The Morgan fingerprint density at radius 1 is 1.26 bits per heavy atom. The van der Waals surface area contributed by atoms with Gasteiger partial charge in [0, 0.05) is 48.3 Å². The van der Waals surface area contributed by atoms with E-state index in [1.54, 1.807) is 0 Å². The molecule has 2 bridgehead atoms. The summed E-state index contributed by atoms with van der Waals surface area (Å²) in [4.78, 5) is 21.1. The third-order valence-corrected chi connectivity index (χ3v) is 7.82. The highest BCUT2D eigenvalue weighted by Crippen LogP contribution is 2.32. The maximum atomic E-state index is 13.0. The molecule has 1 amide bonds. The monoisotopic (exact) mass is 438 g/mol. The second kappa shape index (κ2) is 8.59. The number of amides is 1. The van der Waals surface area contributed by atoms with Gasteiger partial charge in [-0.05, 0) is 44.4 Å². The average Bonchev–Trinajstić information content (AvgIpc) is 3.45. The van der Waals surface area contributed by atoms with Gasteiger partial charge in [-0.15, -0.1) is 10.2 Å². The smallest absolute Gasteiger partial charge is 0.282 e. The first-order valence-corrected chi connectivity index (χ1v) is 12.1. The number of benzene rings is 1. The van der Waals surface area contributed by atoms with Crippen molar-refractivity contribution in [2.24, 2.45) is 0 Å². The largest absolute Gasteiger partial charge is 0.361 e. The molecule has 2 aliphatic heterocycles. The van der Waals surface area contributed by atoms with Crippen LogP contribution in [0.5, 0.6) is 0 Å². The lowest BCUT2D eigenvalue weighted by molar-refractivity contribution is 0.0933. The normalized spacial score (nSPS) is 22.2. The fraction of sp³-hybridized carbons (Fsp3) is 0.522. The van der Waals surface area contributed by atoms with Gasteiger partial charge in [0.15, 0.2) is 0 Å². The van der Waals surface area contributed by atoms with E-state index in [4.69, 9.17) is 0 Å². The highest BCUT2D eigenvalue weighted by molar-refractivity contribution is 7.17. The zero-order valence-corrected chi connectivity index (χ0v) is 19.0. The van der Waals surface area contributed by atoms with Gasteiger partial charge in [-0.25, -0.2) is 0 Å². The van der Waals surface area contributed by atoms with E-state index in [1.807, 2.05) is 6.07 Å². The van der Waals surface area contributed by atoms with Crippen molar-refractivity contribution in [3.63, 3.8) is 0 Å². The van der Waals surface area contributed by atoms with E-state index < -0.39 is 0 Å². The molecular formula is C23H30N6OS. The van der Waals surface area contributed by atoms with E-state index in [0.29, 0.717) is 17.1 Å². The van der Waals surface area contributed by atoms with Gasteiger partial charge in [0.1, 0.15) is 0 Å². The summed E-state index contributed by atoms with van der Waals surface area (Å²) in [7, 11) is 2.22. The number of likely N-dealkylation sites (N-methyl/N-ethyl adjacent to an activating group) is 1. The fourth-order valence-electron chi connectivity index (χ4n) is 5.09. The van der Waals surface area contributed by atoms with Crippen LogP contribution in [0, 0.1) is 0 Å². The number of hydrogen-bond acceptors (Lipinski definition) is 6. The quantitative estimate of drug-likeness (QED) is 0.591. The number of carbonyl (C=O) groups excluding carboxylic acids is 1. The van der Waals surface area contributed by atoms with Crippen molar-refractivity contribution < 1.29 is 4.79 Å². The van der Waals surface area contributed by atoms with E-state index in [2.05, 4.69) is 68.7 Å². The Morgan fingerprint density at radius 3 is 2.81 bits per heavy atom. The summed E-state index contributed by atoms with van der Waals surface area (Å²) in [5.41, 5.74) is 2.37. The van der Waals surface area contributed by atoms with Gasteiger partial charge in [-0.1, -0.05) is 42.9 Å². The number of rotatable bonds is 7. The van der Waals surface area contributed by atoms with E-state index >= 15 is 0 Å². The number of anilines is 1. The highest BCUT2D eigenvalue weighted by atomic mass is 32.1. The number of nitrogens with zero attached hydrogens (tertiary/aromatic N) is 4. The number of H-pyrrole nitrogens is 1. The summed E-state index contributed by atoms with van der Waals surface area (Å²) in [5.74, 6) is -0.112. The molecule has 7 nitrogen and oxygen atoms in total. The lowest BCUT2D eigenvalue weighted by Crippen LogP contribution is -2.52. The zero-order valence-electron chi connectivity index (χ0n) is 18.2. The highest BCUT2D eigenvalue weighted by Gasteiger charge is 2.38. The Morgan fingerprint density at radius 2 is 2.03 bits per heavy atom. The third kappa shape index (κ3) is 4.06. The second-order valence-electron chi connectivity index (χ2n) is 8.87. The fourth-order valence-corrected chi connectivity index (χ4v) is 5.86. The molecule has 2 fully saturated rings. The molecule has 3 unspecified atom stereocenters. The van der Waals surface area contributed by atoms with Crippen LogP contribution in [-0.4, -0.2) is 64.3 Å². The Bertz CT molecular complexity index is 1050. The van der Waals surface area contributed by atoms with Crippen LogP contribution in [0.2, 0.25) is 0 Å². The Hall–Kier alpha value is -2.45. The first-order chi connectivity index (χ1) is 15.1. The molecule has 0 saturated carbocycles. The maximum absolute atomic E-state index is 13.0. The minimum Gasteiger partial charge on any atom is -0.361 e. The molecule has 0 radical (unpaired) electrons. The van der Waals surface area contributed by atoms with Crippen LogP contribution >= 0.6 is 11.3 Å². The van der Waals surface area contributed by atoms with Crippen LogP contribution in [-0.2, 0) is 6.42 Å². The van der Waals surface area contributed by atoms with Crippen LogP contribution in [0.3, 0.4) is 0 Å². The van der Waals surface area contributed by atoms with Gasteiger partial charge < -0.3 is 15.2 Å². The number of nitrogens with one attached hydrogen (secondary N) is 2. The van der Waals surface area contributed by atoms with E-state index in [0.717, 1.165) is 43.0 Å². The lowest BCUT2D eigenvalue weighted by atomic mass is 10.0. The average molecular weight is 439 g/mol. The van der Waals surface area contributed by atoms with Crippen molar-refractivity contribution in [1.82, 2.24) is 25.4 Å². The summed E-state index contributed by atoms with van der Waals surface area (Å²) in [5, 5.41) is 14.4. The molecule has 0 aliphatic carbocycles. The predicted molar refractivity (Wildman–Crippen MR) is 125 cm³/mol. The first-order valence-electron chi connectivity index (χ1n) is 11.3. The van der Waals surface area contributed by atoms with Crippen molar-refractivity contribution in [2.45, 2.75) is 57.2 Å². The summed E-state index contributed by atoms with van der Waals surface area (Å²) in [6.07, 6.45) is 7.30. The molecule has 3 atom stereocenters. The Kier molecular flexibility index (Phi) is 5.67. The molecule has 1 aromatic carbocycles. The summed E-state index contributed by atoms with van der Waals surface area (Å²) in [6.45, 7) is 4.10. The predicted octanol–water partition coefficient (Wildman–Crippen LogP) is 3.44. The molecule has 2 N–H and O–H groups in total. The minimum atomic E-state index is -0.112. The van der Waals surface area contributed by atoms with Gasteiger partial charge in [0.2, 0.25) is 10.1 Å². The van der Waals surface area contributed by atoms with Crippen molar-refractivity contribution in [1.29, 1.82) is 0 Å². The molecule has 0 spiro atoms. The van der Waals surface area contributed by atoms with Crippen LogP contribution in [0.15, 0.2) is 30.5 Å². The minimum absolute atomic E-state index is 0.0727. The molecule has 5 rings (SSSR count). The standard InChI is InChI=1S/C23H30N6OS/c1-3-6-16(11-15-12-24-20-8-5-4-7-19(15)20)25-21(30)22-26-27-23(31-22)29-13-17-9-10-18(14-29)28(17)2/h4-5,7-8,12,16-18,24H,3,6,9-11,13-14H2,1-2H3,(H,25,30). The Labute approximate surface area is 186 Å². The Balaban J connectivity index is 1.26. The van der Waals surface area contributed by atoms with Crippen LogP contribution in [0.4, 0.5) is 5.13 Å². The van der Waals surface area contributed by atoms with E-state index in [-0.39, 0.29) is 11.9 Å². The maximum Gasteiger partial charge on any atom is 0.282 e. The number of para-hydroxylation sites is 1. The van der Waals surface area contributed by atoms with Crippen molar-refractivity contribution in [3.8, 4) is 0 Å². The second-order valence-corrected chi connectivity index (χ2v) is 9.82. The van der Waals surface area contributed by atoms with Crippen LogP contribution in [0.25, 0.3) is 10.9 Å². The molecule has 164 valence electrons. The first kappa shape index (κ1) is 20.5. The van der Waals surface area contributed by atoms with Crippen LogP contribution in [0.1, 0.15) is 48.0 Å². The van der Waals surface area contributed by atoms with Gasteiger partial charge in [0.05, 0.1) is 0 Å². The lowest BCUT2D eigenvalue weighted by Gasteiger charge is -2.38. The topological polar surface area (TPSA) is 77.1 Å². The molecular weight excluding hydrogens is 408 g/mol. The molecule has 8 heteroatoms. The summed E-state index contributed by atoms with van der Waals surface area (Å²) < 4.78 is 0. The number of carbonyl (C=O) groups is 1. The third-order valence-electron chi connectivity index (χ3n) is 6.84. The molecule has 31 heavy (non-hydrogen) atoms. The number of fused-ring (bicyclic) bond motifs is 3. The number of aromatic nitrogens is 3. The van der Waals surface area contributed by atoms with E-state index in [1.165, 1.54) is 35.1 Å². The summed E-state index contributed by atoms with van der Waals surface area (Å²) >= 11 is 1.42. The van der Waals surface area contributed by atoms with Gasteiger partial charge in [-0.3, -0.25) is 9.69 Å². The molecule has 4 heterocycles. The van der Waals surface area contributed by atoms with Gasteiger partial charge in [0.25, 0.3) is 5.91 Å². The zero-order chi connectivity index (χ0) is 21.4. The van der Waals surface area contributed by atoms with Gasteiger partial charge >= 0.3 is 0 Å². The van der Waals surface area contributed by atoms with Crippen molar-refractivity contribution in [2.75, 3.05) is 25.0 Å².